The number of nitrogens with zero attached hydrogens (tertiary/aromatic N) is 5. The molecule has 0 radical (unpaired) electrons. The number of rotatable bonds is 8. The topological polar surface area (TPSA) is 117 Å². The average Bonchev–Trinajstić information content (AvgIpc) is 3.71. The van der Waals surface area contributed by atoms with Crippen molar-refractivity contribution in [1.29, 1.82) is 0 Å². The molecule has 2 aliphatic rings. The van der Waals surface area contributed by atoms with Gasteiger partial charge in [0.1, 0.15) is 11.4 Å². The Morgan fingerprint density at radius 1 is 1.21 bits per heavy atom. The number of nitrogens with one attached hydrogen (secondary N) is 1. The van der Waals surface area contributed by atoms with Gasteiger partial charge in [0.2, 0.25) is 0 Å². The maximum absolute atomic E-state index is 13.4. The fourth-order valence-electron chi connectivity index (χ4n) is 5.19. The molecule has 5 rings (SSSR count). The van der Waals surface area contributed by atoms with Crippen LogP contribution in [0.25, 0.3) is 10.6 Å². The molecule has 0 bridgehead atoms. The van der Waals surface area contributed by atoms with Crippen LogP contribution in [-0.4, -0.2) is 86.0 Å². The molecule has 2 fully saturated rings. The maximum atomic E-state index is 13.4. The van der Waals surface area contributed by atoms with Crippen LogP contribution in [0.3, 0.4) is 0 Å². The number of piperidine rings is 1. The van der Waals surface area contributed by atoms with Gasteiger partial charge in [-0.15, -0.1) is 11.3 Å². The number of amides is 2. The van der Waals surface area contributed by atoms with Gasteiger partial charge in [-0.1, -0.05) is 16.8 Å². The van der Waals surface area contributed by atoms with Gasteiger partial charge >= 0.3 is 0 Å². The number of hydrogen-bond acceptors (Lipinski definition) is 8. The fourth-order valence-corrected chi connectivity index (χ4v) is 6.18. The van der Waals surface area contributed by atoms with Gasteiger partial charge in [0.15, 0.2) is 11.5 Å². The van der Waals surface area contributed by atoms with Crippen LogP contribution in [0.4, 0.5) is 0 Å². The quantitative estimate of drug-likeness (QED) is 0.433. The summed E-state index contributed by atoms with van der Waals surface area (Å²) in [6.45, 7) is 6.84. The van der Waals surface area contributed by atoms with E-state index in [2.05, 4.69) is 34.3 Å². The van der Waals surface area contributed by atoms with Crippen LogP contribution >= 0.6 is 22.9 Å². The highest BCUT2D eigenvalue weighted by molar-refractivity contribution is 7.19. The Kier molecular flexibility index (Phi) is 8.18. The van der Waals surface area contributed by atoms with E-state index in [0.29, 0.717) is 34.1 Å². The van der Waals surface area contributed by atoms with Crippen LogP contribution in [0.1, 0.15) is 66.2 Å². The summed E-state index contributed by atoms with van der Waals surface area (Å²) in [6, 6.07) is 7.30. The molecule has 0 aromatic carbocycles. The number of thiophene rings is 1. The lowest BCUT2D eigenvalue weighted by molar-refractivity contribution is 0.0670. The first-order chi connectivity index (χ1) is 18.3. The van der Waals surface area contributed by atoms with E-state index in [1.165, 1.54) is 16.0 Å². The van der Waals surface area contributed by atoms with Crippen LogP contribution in [0.15, 0.2) is 28.8 Å². The molecule has 1 atom stereocenters. The second-order valence-electron chi connectivity index (χ2n) is 10.2. The van der Waals surface area contributed by atoms with Gasteiger partial charge < -0.3 is 24.7 Å². The molecule has 2 N–H and O–H groups in total. The van der Waals surface area contributed by atoms with Gasteiger partial charge in [0.25, 0.3) is 11.8 Å². The molecular weight excluding hydrogens is 528 g/mol. The first kappa shape index (κ1) is 26.9. The molecule has 38 heavy (non-hydrogen) atoms. The zero-order valence-corrected chi connectivity index (χ0v) is 23.2. The van der Waals surface area contributed by atoms with Crippen LogP contribution in [0, 0.1) is 0 Å². The summed E-state index contributed by atoms with van der Waals surface area (Å²) >= 11 is 7.44. The lowest BCUT2D eigenvalue weighted by atomic mass is 10.0. The molecule has 10 nitrogen and oxygen atoms in total. The van der Waals surface area contributed by atoms with E-state index in [1.807, 2.05) is 6.07 Å². The van der Waals surface area contributed by atoms with Crippen molar-refractivity contribution in [1.82, 2.24) is 30.1 Å². The Hall–Kier alpha value is -2.73. The van der Waals surface area contributed by atoms with E-state index < -0.39 is 0 Å². The highest BCUT2D eigenvalue weighted by Crippen LogP contribution is 2.31. The molecule has 3 aromatic heterocycles. The highest BCUT2D eigenvalue weighted by Gasteiger charge is 2.32. The third-order valence-electron chi connectivity index (χ3n) is 7.36. The molecule has 5 heterocycles. The average molecular weight is 561 g/mol. The van der Waals surface area contributed by atoms with Gasteiger partial charge in [-0.3, -0.25) is 14.3 Å². The Balaban J connectivity index is 1.37. The van der Waals surface area contributed by atoms with Crippen LogP contribution < -0.4 is 5.32 Å². The normalized spacial score (nSPS) is 19.0. The van der Waals surface area contributed by atoms with Crippen molar-refractivity contribution in [3.63, 3.8) is 0 Å². The van der Waals surface area contributed by atoms with Gasteiger partial charge in [-0.2, -0.15) is 5.10 Å². The second kappa shape index (κ2) is 11.6. The van der Waals surface area contributed by atoms with E-state index in [9.17, 15) is 14.7 Å². The first-order valence-electron chi connectivity index (χ1n) is 13.1. The predicted octanol–water partition coefficient (Wildman–Crippen LogP) is 3.50. The van der Waals surface area contributed by atoms with Crippen molar-refractivity contribution in [3.8, 4) is 10.6 Å². The van der Waals surface area contributed by atoms with Gasteiger partial charge in [0, 0.05) is 43.9 Å². The third-order valence-corrected chi connectivity index (χ3v) is 8.61. The second-order valence-corrected chi connectivity index (χ2v) is 11.9. The minimum absolute atomic E-state index is 0.0552. The number of likely N-dealkylation sites (tertiary alicyclic amines) is 2. The minimum Gasteiger partial charge on any atom is -0.394 e. The molecule has 2 amide bonds. The summed E-state index contributed by atoms with van der Waals surface area (Å²) in [7, 11) is 0. The standard InChI is InChI=1S/C26H33ClN6O4S/c1-16(2)31-10-7-17(8-11-31)28-25(35)21-13-20(26(36)32-9-3-4-19(32)15-34)29-33(21)14-18-12-22(37-30-18)23-5-6-24(27)38-23/h5-6,12-13,16-17,19,34H,3-4,7-11,14-15H2,1-2H3,(H,28,35). The van der Waals surface area contributed by atoms with Crippen molar-refractivity contribution in [3.05, 3.63) is 45.7 Å². The molecule has 204 valence electrons. The summed E-state index contributed by atoms with van der Waals surface area (Å²) in [5.41, 5.74) is 1.04. The Bertz CT molecular complexity index is 1280. The summed E-state index contributed by atoms with van der Waals surface area (Å²) in [5, 5.41) is 21.5. The van der Waals surface area contributed by atoms with Gasteiger partial charge in [-0.05, 0) is 51.7 Å². The van der Waals surface area contributed by atoms with E-state index in [1.54, 1.807) is 23.1 Å². The van der Waals surface area contributed by atoms with Gasteiger partial charge in [0.05, 0.1) is 28.4 Å². The van der Waals surface area contributed by atoms with E-state index in [4.69, 9.17) is 16.1 Å². The third kappa shape index (κ3) is 5.80. The minimum atomic E-state index is -0.284. The smallest absolute Gasteiger partial charge is 0.274 e. The summed E-state index contributed by atoms with van der Waals surface area (Å²) in [4.78, 5) is 31.6. The summed E-state index contributed by atoms with van der Waals surface area (Å²) in [5.74, 6) is 0.0215. The molecule has 2 saturated heterocycles. The summed E-state index contributed by atoms with van der Waals surface area (Å²) < 4.78 is 7.66. The number of carbonyl (C=O) groups excluding carboxylic acids is 2. The fraction of sp³-hybridized carbons (Fsp3) is 0.538. The molecule has 1 unspecified atom stereocenters. The van der Waals surface area contributed by atoms with Gasteiger partial charge in [-0.25, -0.2) is 0 Å². The zero-order valence-electron chi connectivity index (χ0n) is 21.6. The molecule has 3 aromatic rings. The number of carbonyl (C=O) groups is 2. The van der Waals surface area contributed by atoms with Crippen molar-refractivity contribution < 1.29 is 19.2 Å². The molecule has 0 spiro atoms. The number of aliphatic hydroxyl groups is 1. The zero-order chi connectivity index (χ0) is 26.8. The molecule has 12 heteroatoms. The Morgan fingerprint density at radius 3 is 2.68 bits per heavy atom. The molecule has 2 aliphatic heterocycles. The predicted molar refractivity (Wildman–Crippen MR) is 144 cm³/mol. The number of aromatic nitrogens is 3. The largest absolute Gasteiger partial charge is 0.394 e. The van der Waals surface area contributed by atoms with Crippen molar-refractivity contribution in [2.45, 2.75) is 64.2 Å². The number of aliphatic hydroxyl groups excluding tert-OH is 1. The monoisotopic (exact) mass is 560 g/mol. The van der Waals surface area contributed by atoms with Crippen molar-refractivity contribution >= 4 is 34.8 Å². The number of halogens is 1. The molecule has 0 aliphatic carbocycles. The Morgan fingerprint density at radius 2 is 2.00 bits per heavy atom. The van der Waals surface area contributed by atoms with Crippen molar-refractivity contribution in [2.24, 2.45) is 0 Å². The number of hydrogen-bond donors (Lipinski definition) is 2. The highest BCUT2D eigenvalue weighted by atomic mass is 35.5. The Labute approximate surface area is 230 Å². The molecular formula is C26H33ClN6O4S. The lowest BCUT2D eigenvalue weighted by Gasteiger charge is -2.34. The van der Waals surface area contributed by atoms with Crippen LogP contribution in [-0.2, 0) is 6.54 Å². The first-order valence-corrected chi connectivity index (χ1v) is 14.3. The lowest BCUT2D eigenvalue weighted by Crippen LogP contribution is -2.46. The van der Waals surface area contributed by atoms with Crippen LogP contribution in [0.2, 0.25) is 4.34 Å². The van der Waals surface area contributed by atoms with E-state index in [-0.39, 0.29) is 42.7 Å². The van der Waals surface area contributed by atoms with Crippen molar-refractivity contribution in [2.75, 3.05) is 26.2 Å². The van der Waals surface area contributed by atoms with Crippen LogP contribution in [0.5, 0.6) is 0 Å². The summed E-state index contributed by atoms with van der Waals surface area (Å²) in [6.07, 6.45) is 3.31. The SMILES string of the molecule is CC(C)N1CCC(NC(=O)c2cc(C(=O)N3CCCC3CO)nn2Cc2cc(-c3ccc(Cl)s3)on2)CC1. The molecule has 0 saturated carbocycles. The maximum Gasteiger partial charge on any atom is 0.274 e. The van der Waals surface area contributed by atoms with E-state index in [0.717, 1.165) is 43.6 Å². The van der Waals surface area contributed by atoms with E-state index >= 15 is 0 Å².